The fourth-order valence-electron chi connectivity index (χ4n) is 1.88. The predicted molar refractivity (Wildman–Crippen MR) is 88.6 cm³/mol. The molecule has 0 saturated heterocycles. The maximum atomic E-state index is 6.20. The van der Waals surface area contributed by atoms with Crippen molar-refractivity contribution in [2.45, 2.75) is 13.0 Å². The molecule has 1 heterocycles. The monoisotopic (exact) mass is 325 g/mol. The molecule has 0 bridgehead atoms. The topological polar surface area (TPSA) is 50.9 Å². The first-order valence-corrected chi connectivity index (χ1v) is 7.11. The maximum absolute atomic E-state index is 6.20. The first-order chi connectivity index (χ1) is 9.49. The zero-order valence-corrected chi connectivity index (χ0v) is 13.1. The Bertz CT molecular complexity index is 646. The quantitative estimate of drug-likeness (QED) is 0.827. The second kappa shape index (κ2) is 6.39. The number of rotatable bonds is 4. The lowest BCUT2D eigenvalue weighted by atomic mass is 10.1. The Morgan fingerprint density at radius 1 is 1.35 bits per heavy atom. The van der Waals surface area contributed by atoms with E-state index in [1.807, 2.05) is 25.1 Å². The number of hydrogen-bond donors (Lipinski definition) is 2. The average Bonchev–Trinajstić information content (AvgIpc) is 2.38. The van der Waals surface area contributed by atoms with Crippen LogP contribution in [0, 0.1) is 0 Å². The molecular weight excluding hydrogens is 313 g/mol. The fraction of sp³-hybridized carbons (Fsp3) is 0.143. The third kappa shape index (κ3) is 3.39. The Morgan fingerprint density at radius 3 is 2.75 bits per heavy atom. The van der Waals surface area contributed by atoms with Gasteiger partial charge in [0.25, 0.3) is 0 Å². The van der Waals surface area contributed by atoms with E-state index < -0.39 is 0 Å². The van der Waals surface area contributed by atoms with Crippen molar-refractivity contribution in [1.29, 1.82) is 0 Å². The maximum Gasteiger partial charge on any atom is 0.124 e. The molecule has 1 atom stereocenters. The van der Waals surface area contributed by atoms with Gasteiger partial charge in [-0.2, -0.15) is 0 Å². The van der Waals surface area contributed by atoms with Crippen molar-refractivity contribution in [3.63, 3.8) is 0 Å². The van der Waals surface area contributed by atoms with E-state index in [4.69, 9.17) is 41.2 Å². The van der Waals surface area contributed by atoms with E-state index in [1.165, 1.54) is 0 Å². The molecule has 1 aromatic carbocycles. The molecule has 3 N–H and O–H groups in total. The molecule has 0 saturated carbocycles. The van der Waals surface area contributed by atoms with Crippen LogP contribution in [0.5, 0.6) is 0 Å². The zero-order valence-electron chi connectivity index (χ0n) is 10.7. The third-order valence-corrected chi connectivity index (χ3v) is 3.60. The lowest BCUT2D eigenvalue weighted by Crippen LogP contribution is -2.16. The van der Waals surface area contributed by atoms with Crippen LogP contribution in [0.2, 0.25) is 10.0 Å². The first-order valence-electron chi connectivity index (χ1n) is 5.95. The molecule has 0 fully saturated rings. The minimum Gasteiger partial charge on any atom is -0.388 e. The lowest BCUT2D eigenvalue weighted by Gasteiger charge is -2.18. The fourth-order valence-corrected chi connectivity index (χ4v) is 2.62. The van der Waals surface area contributed by atoms with Crippen molar-refractivity contribution in [3.05, 3.63) is 57.8 Å². The van der Waals surface area contributed by atoms with Gasteiger partial charge in [-0.3, -0.25) is 4.98 Å². The van der Waals surface area contributed by atoms with Crippen molar-refractivity contribution in [2.24, 2.45) is 5.73 Å². The molecule has 1 aromatic heterocycles. The van der Waals surface area contributed by atoms with Gasteiger partial charge in [0.1, 0.15) is 10.7 Å². The lowest BCUT2D eigenvalue weighted by molar-refractivity contribution is 0.882. The van der Waals surface area contributed by atoms with Crippen LogP contribution < -0.4 is 11.1 Å². The summed E-state index contributed by atoms with van der Waals surface area (Å²) in [5.74, 6) is 0. The molecule has 0 aliphatic rings. The summed E-state index contributed by atoms with van der Waals surface area (Å²) in [5.41, 5.74) is 7.95. The number of halogens is 2. The average molecular weight is 326 g/mol. The Balaban J connectivity index is 2.28. The molecule has 2 aromatic rings. The van der Waals surface area contributed by atoms with Gasteiger partial charge in [-0.25, -0.2) is 0 Å². The third-order valence-electron chi connectivity index (χ3n) is 2.84. The SMILES string of the molecule is CC(Nc1cccnc1C(N)=S)c1ccc(Cl)cc1Cl. The highest BCUT2D eigenvalue weighted by atomic mass is 35.5. The summed E-state index contributed by atoms with van der Waals surface area (Å²) in [6.07, 6.45) is 1.65. The molecule has 0 aliphatic heterocycles. The number of anilines is 1. The van der Waals surface area contributed by atoms with Gasteiger partial charge in [0.05, 0.1) is 11.7 Å². The molecule has 2 rings (SSSR count). The van der Waals surface area contributed by atoms with Crippen LogP contribution in [-0.4, -0.2) is 9.97 Å². The molecule has 0 aliphatic carbocycles. The van der Waals surface area contributed by atoms with Gasteiger partial charge in [-0.05, 0) is 36.8 Å². The van der Waals surface area contributed by atoms with Crippen LogP contribution in [0.1, 0.15) is 24.2 Å². The van der Waals surface area contributed by atoms with Gasteiger partial charge in [0.2, 0.25) is 0 Å². The number of nitrogens with zero attached hydrogens (tertiary/aromatic N) is 1. The highest BCUT2D eigenvalue weighted by molar-refractivity contribution is 7.80. The standard InChI is InChI=1S/C14H13Cl2N3S/c1-8(10-5-4-9(15)7-11(10)16)19-12-3-2-6-18-13(12)14(17)20/h2-8,19H,1H3,(H2,17,20). The second-order valence-corrected chi connectivity index (χ2v) is 5.58. The number of thiocarbonyl (C=S) groups is 1. The minimum atomic E-state index is -0.0305. The number of benzene rings is 1. The molecule has 0 amide bonds. The van der Waals surface area contributed by atoms with E-state index in [-0.39, 0.29) is 11.0 Å². The summed E-state index contributed by atoms with van der Waals surface area (Å²) in [6, 6.07) is 9.07. The van der Waals surface area contributed by atoms with Crippen LogP contribution in [0.15, 0.2) is 36.5 Å². The Kier molecular flexibility index (Phi) is 4.81. The van der Waals surface area contributed by atoms with Crippen LogP contribution in [0.25, 0.3) is 0 Å². The number of hydrogen-bond acceptors (Lipinski definition) is 3. The highest BCUT2D eigenvalue weighted by Gasteiger charge is 2.13. The zero-order chi connectivity index (χ0) is 14.7. The molecule has 20 heavy (non-hydrogen) atoms. The van der Waals surface area contributed by atoms with Crippen molar-refractivity contribution in [3.8, 4) is 0 Å². The van der Waals surface area contributed by atoms with Gasteiger partial charge in [0, 0.05) is 16.2 Å². The molecule has 0 radical (unpaired) electrons. The smallest absolute Gasteiger partial charge is 0.124 e. The van der Waals surface area contributed by atoms with E-state index in [0.717, 1.165) is 11.3 Å². The number of pyridine rings is 1. The van der Waals surface area contributed by atoms with E-state index >= 15 is 0 Å². The number of aromatic nitrogens is 1. The van der Waals surface area contributed by atoms with Gasteiger partial charge in [0.15, 0.2) is 0 Å². The molecule has 6 heteroatoms. The van der Waals surface area contributed by atoms with E-state index in [9.17, 15) is 0 Å². The largest absolute Gasteiger partial charge is 0.388 e. The summed E-state index contributed by atoms with van der Waals surface area (Å²) >= 11 is 17.1. The van der Waals surface area contributed by atoms with Crippen molar-refractivity contribution >= 4 is 46.1 Å². The second-order valence-electron chi connectivity index (χ2n) is 4.30. The Labute approximate surface area is 133 Å². The molecule has 3 nitrogen and oxygen atoms in total. The molecule has 1 unspecified atom stereocenters. The van der Waals surface area contributed by atoms with E-state index in [0.29, 0.717) is 15.7 Å². The van der Waals surface area contributed by atoms with Crippen LogP contribution in [0.3, 0.4) is 0 Å². The summed E-state index contributed by atoms with van der Waals surface area (Å²) in [4.78, 5) is 4.43. The summed E-state index contributed by atoms with van der Waals surface area (Å²) in [7, 11) is 0. The Morgan fingerprint density at radius 2 is 2.10 bits per heavy atom. The number of nitrogens with two attached hydrogens (primary N) is 1. The van der Waals surface area contributed by atoms with E-state index in [1.54, 1.807) is 18.3 Å². The van der Waals surface area contributed by atoms with Gasteiger partial charge >= 0.3 is 0 Å². The normalized spacial score (nSPS) is 11.9. The summed E-state index contributed by atoms with van der Waals surface area (Å²) in [6.45, 7) is 1.99. The highest BCUT2D eigenvalue weighted by Crippen LogP contribution is 2.29. The molecule has 0 spiro atoms. The van der Waals surface area contributed by atoms with Gasteiger partial charge < -0.3 is 11.1 Å². The van der Waals surface area contributed by atoms with E-state index in [2.05, 4.69) is 10.3 Å². The molecular formula is C14H13Cl2N3S. The van der Waals surface area contributed by atoms with Crippen LogP contribution in [-0.2, 0) is 0 Å². The van der Waals surface area contributed by atoms with Gasteiger partial charge in [-0.1, -0.05) is 41.5 Å². The van der Waals surface area contributed by atoms with Crippen LogP contribution >= 0.6 is 35.4 Å². The van der Waals surface area contributed by atoms with Crippen LogP contribution in [0.4, 0.5) is 5.69 Å². The molecule has 104 valence electrons. The Hall–Kier alpha value is -1.36. The first kappa shape index (κ1) is 15.0. The summed E-state index contributed by atoms with van der Waals surface area (Å²) in [5, 5.41) is 4.53. The minimum absolute atomic E-state index is 0.0305. The van der Waals surface area contributed by atoms with Crippen molar-refractivity contribution in [2.75, 3.05) is 5.32 Å². The number of nitrogens with one attached hydrogen (secondary N) is 1. The predicted octanol–water partition coefficient (Wildman–Crippen LogP) is 4.20. The summed E-state index contributed by atoms with van der Waals surface area (Å²) < 4.78 is 0. The van der Waals surface area contributed by atoms with Crippen molar-refractivity contribution < 1.29 is 0 Å². The van der Waals surface area contributed by atoms with Gasteiger partial charge in [-0.15, -0.1) is 0 Å². The van der Waals surface area contributed by atoms with Crippen molar-refractivity contribution in [1.82, 2.24) is 4.98 Å².